The van der Waals surface area contributed by atoms with Crippen molar-refractivity contribution in [3.63, 3.8) is 0 Å². The third-order valence-corrected chi connectivity index (χ3v) is 4.59. The van der Waals surface area contributed by atoms with E-state index in [9.17, 15) is 4.79 Å². The van der Waals surface area contributed by atoms with Crippen LogP contribution in [0.25, 0.3) is 0 Å². The predicted molar refractivity (Wildman–Crippen MR) is 98.4 cm³/mol. The normalized spacial score (nSPS) is 18.0. The number of benzene rings is 2. The fourth-order valence-electron chi connectivity index (χ4n) is 3.36. The van der Waals surface area contributed by atoms with Crippen molar-refractivity contribution in [1.29, 1.82) is 0 Å². The van der Waals surface area contributed by atoms with Gasteiger partial charge < -0.3 is 14.8 Å². The van der Waals surface area contributed by atoms with Crippen LogP contribution < -0.4 is 14.8 Å². The highest BCUT2D eigenvalue weighted by Crippen LogP contribution is 2.40. The fraction of sp³-hybridized carbons (Fsp3) is 0.381. The number of carbonyl (C=O) groups is 1. The average Bonchev–Trinajstić information content (AvgIpc) is 2.54. The van der Waals surface area contributed by atoms with Crippen LogP contribution in [0.3, 0.4) is 0 Å². The number of carbonyl (C=O) groups excluding carboxylic acids is 1. The third kappa shape index (κ3) is 3.63. The summed E-state index contributed by atoms with van der Waals surface area (Å²) in [5.41, 5.74) is 3.45. The maximum atomic E-state index is 12.8. The van der Waals surface area contributed by atoms with Gasteiger partial charge in [0, 0.05) is 17.5 Å². The Morgan fingerprint density at radius 1 is 1.20 bits per heavy atom. The summed E-state index contributed by atoms with van der Waals surface area (Å²) < 4.78 is 11.3. The molecule has 0 aliphatic carbocycles. The van der Waals surface area contributed by atoms with Crippen LogP contribution in [0.5, 0.6) is 11.5 Å². The van der Waals surface area contributed by atoms with E-state index in [1.165, 1.54) is 0 Å². The van der Waals surface area contributed by atoms with E-state index in [0.717, 1.165) is 34.6 Å². The Morgan fingerprint density at radius 3 is 2.64 bits per heavy atom. The lowest BCUT2D eigenvalue weighted by molar-refractivity contribution is 0.0619. The van der Waals surface area contributed by atoms with Crippen LogP contribution in [-0.2, 0) is 0 Å². The van der Waals surface area contributed by atoms with E-state index in [1.807, 2.05) is 52.0 Å². The number of fused-ring (bicyclic) bond motifs is 1. The Hall–Kier alpha value is -2.49. The molecule has 0 bridgehead atoms. The van der Waals surface area contributed by atoms with E-state index in [2.05, 4.69) is 11.4 Å². The maximum Gasteiger partial charge on any atom is 0.251 e. The van der Waals surface area contributed by atoms with Gasteiger partial charge >= 0.3 is 0 Å². The molecule has 132 valence electrons. The second-order valence-electron chi connectivity index (χ2n) is 7.32. The lowest BCUT2D eigenvalue weighted by Crippen LogP contribution is -2.41. The van der Waals surface area contributed by atoms with Gasteiger partial charge in [-0.3, -0.25) is 4.79 Å². The van der Waals surface area contributed by atoms with Crippen LogP contribution in [0.2, 0.25) is 0 Å². The van der Waals surface area contributed by atoms with Gasteiger partial charge in [0.2, 0.25) is 0 Å². The van der Waals surface area contributed by atoms with Crippen molar-refractivity contribution in [3.8, 4) is 11.5 Å². The molecule has 1 aliphatic heterocycles. The largest absolute Gasteiger partial charge is 0.496 e. The smallest absolute Gasteiger partial charge is 0.251 e. The number of hydrogen-bond acceptors (Lipinski definition) is 3. The highest BCUT2D eigenvalue weighted by atomic mass is 16.5. The molecule has 4 heteroatoms. The molecular formula is C21H25NO3. The topological polar surface area (TPSA) is 47.6 Å². The predicted octanol–water partition coefficient (Wildman–Crippen LogP) is 4.34. The van der Waals surface area contributed by atoms with Gasteiger partial charge in [-0.2, -0.15) is 0 Å². The molecule has 0 saturated heterocycles. The van der Waals surface area contributed by atoms with Gasteiger partial charge in [0.1, 0.15) is 17.1 Å². The molecule has 0 spiro atoms. The first kappa shape index (κ1) is 17.3. The summed E-state index contributed by atoms with van der Waals surface area (Å²) in [6, 6.07) is 11.5. The summed E-state index contributed by atoms with van der Waals surface area (Å²) in [7, 11) is 1.63. The minimum Gasteiger partial charge on any atom is -0.496 e. The summed E-state index contributed by atoms with van der Waals surface area (Å²) in [5, 5.41) is 3.18. The Balaban J connectivity index is 1.88. The van der Waals surface area contributed by atoms with Crippen LogP contribution in [0.4, 0.5) is 0 Å². The summed E-state index contributed by atoms with van der Waals surface area (Å²) in [4.78, 5) is 12.8. The molecule has 1 unspecified atom stereocenters. The van der Waals surface area contributed by atoms with E-state index in [4.69, 9.17) is 9.47 Å². The summed E-state index contributed by atoms with van der Waals surface area (Å²) in [6.45, 7) is 8.08. The second kappa shape index (κ2) is 6.43. The van der Waals surface area contributed by atoms with E-state index < -0.39 is 0 Å². The SMILES string of the molecule is COc1ccc(C(=O)NC2CC(C)(C)Oc3ccc(C)cc32)cc1C. The minimum absolute atomic E-state index is 0.0754. The zero-order chi connectivity index (χ0) is 18.2. The molecule has 0 saturated carbocycles. The van der Waals surface area contributed by atoms with E-state index >= 15 is 0 Å². The van der Waals surface area contributed by atoms with E-state index in [1.54, 1.807) is 13.2 Å². The van der Waals surface area contributed by atoms with E-state index in [-0.39, 0.29) is 17.6 Å². The molecule has 4 nitrogen and oxygen atoms in total. The van der Waals surface area contributed by atoms with Crippen LogP contribution in [0, 0.1) is 13.8 Å². The summed E-state index contributed by atoms with van der Waals surface area (Å²) in [5.74, 6) is 1.55. The van der Waals surface area contributed by atoms with Gasteiger partial charge in [-0.25, -0.2) is 0 Å². The van der Waals surface area contributed by atoms with Crippen LogP contribution in [0.15, 0.2) is 36.4 Å². The van der Waals surface area contributed by atoms with Crippen LogP contribution >= 0.6 is 0 Å². The lowest BCUT2D eigenvalue weighted by Gasteiger charge is -2.38. The van der Waals surface area contributed by atoms with Crippen molar-refractivity contribution in [1.82, 2.24) is 5.32 Å². The Bertz CT molecular complexity index is 811. The molecule has 1 atom stereocenters. The number of nitrogens with one attached hydrogen (secondary N) is 1. The monoisotopic (exact) mass is 339 g/mol. The molecule has 1 N–H and O–H groups in total. The van der Waals surface area contributed by atoms with Crippen LogP contribution in [-0.4, -0.2) is 18.6 Å². The first-order valence-corrected chi connectivity index (χ1v) is 8.54. The standard InChI is InChI=1S/C21H25NO3/c1-13-6-8-19-16(10-13)17(12-21(3,4)25-19)22-20(23)15-7-9-18(24-5)14(2)11-15/h6-11,17H,12H2,1-5H3,(H,22,23). The van der Waals surface area contributed by atoms with Crippen molar-refractivity contribution in [2.45, 2.75) is 45.8 Å². The lowest BCUT2D eigenvalue weighted by atomic mass is 9.88. The number of ether oxygens (including phenoxy) is 2. The first-order chi connectivity index (χ1) is 11.8. The number of hydrogen-bond donors (Lipinski definition) is 1. The van der Waals surface area contributed by atoms with Gasteiger partial charge in [-0.1, -0.05) is 17.7 Å². The molecular weight excluding hydrogens is 314 g/mol. The molecule has 25 heavy (non-hydrogen) atoms. The summed E-state index contributed by atoms with van der Waals surface area (Å²) >= 11 is 0. The van der Waals surface area contributed by atoms with E-state index in [0.29, 0.717) is 5.56 Å². The molecule has 3 rings (SSSR count). The second-order valence-corrected chi connectivity index (χ2v) is 7.32. The zero-order valence-corrected chi connectivity index (χ0v) is 15.5. The number of aryl methyl sites for hydroxylation is 2. The van der Waals surface area contributed by atoms with Crippen molar-refractivity contribution >= 4 is 5.91 Å². The Labute approximate surface area is 149 Å². The average molecular weight is 339 g/mol. The van der Waals surface area contributed by atoms with Crippen molar-refractivity contribution in [3.05, 3.63) is 58.7 Å². The Kier molecular flexibility index (Phi) is 4.46. The molecule has 0 fully saturated rings. The fourth-order valence-corrected chi connectivity index (χ4v) is 3.36. The summed E-state index contributed by atoms with van der Waals surface area (Å²) in [6.07, 6.45) is 0.727. The van der Waals surface area contributed by atoms with Gasteiger partial charge in [-0.15, -0.1) is 0 Å². The number of methoxy groups -OCH3 is 1. The van der Waals surface area contributed by atoms with Crippen molar-refractivity contribution in [2.75, 3.05) is 7.11 Å². The highest BCUT2D eigenvalue weighted by Gasteiger charge is 2.34. The molecule has 1 heterocycles. The maximum absolute atomic E-state index is 12.8. The van der Waals surface area contributed by atoms with Gasteiger partial charge in [-0.05, 0) is 57.5 Å². The number of rotatable bonds is 3. The van der Waals surface area contributed by atoms with Gasteiger partial charge in [0.05, 0.1) is 13.2 Å². The molecule has 1 amide bonds. The highest BCUT2D eigenvalue weighted by molar-refractivity contribution is 5.95. The molecule has 0 aromatic heterocycles. The molecule has 2 aromatic carbocycles. The van der Waals surface area contributed by atoms with Gasteiger partial charge in [0.15, 0.2) is 0 Å². The van der Waals surface area contributed by atoms with Gasteiger partial charge in [0.25, 0.3) is 5.91 Å². The van der Waals surface area contributed by atoms with Crippen molar-refractivity contribution < 1.29 is 14.3 Å². The van der Waals surface area contributed by atoms with Crippen LogP contribution in [0.1, 0.15) is 53.4 Å². The Morgan fingerprint density at radius 2 is 1.96 bits per heavy atom. The van der Waals surface area contributed by atoms with Crippen molar-refractivity contribution in [2.24, 2.45) is 0 Å². The molecule has 0 radical (unpaired) electrons. The first-order valence-electron chi connectivity index (χ1n) is 8.54. The molecule has 2 aromatic rings. The third-order valence-electron chi connectivity index (χ3n) is 4.59. The number of amides is 1. The zero-order valence-electron chi connectivity index (χ0n) is 15.5. The molecule has 1 aliphatic rings. The quantitative estimate of drug-likeness (QED) is 0.904. The minimum atomic E-state index is -0.323.